The van der Waals surface area contributed by atoms with Crippen LogP contribution < -0.4 is 0 Å². The van der Waals surface area contributed by atoms with E-state index in [1.807, 2.05) is 24.3 Å². The van der Waals surface area contributed by atoms with Crippen LogP contribution in [0.3, 0.4) is 0 Å². The second kappa shape index (κ2) is 9.29. The first-order chi connectivity index (χ1) is 13.4. The van der Waals surface area contributed by atoms with Gasteiger partial charge in [0.15, 0.2) is 7.37 Å². The minimum Gasteiger partial charge on any atom is -0.375 e. The molecule has 5 heteroatoms. The first-order valence-electron chi connectivity index (χ1n) is 9.42. The first kappa shape index (κ1) is 20.5. The van der Waals surface area contributed by atoms with Crippen molar-refractivity contribution in [3.63, 3.8) is 0 Å². The van der Waals surface area contributed by atoms with Crippen LogP contribution in [0.2, 0.25) is 0 Å². The topological polar surface area (TPSA) is 59.4 Å². The third kappa shape index (κ3) is 5.87. The summed E-state index contributed by atoms with van der Waals surface area (Å²) in [4.78, 5) is 14.2. The second-order valence-corrected chi connectivity index (χ2v) is 9.66. The lowest BCUT2D eigenvalue weighted by molar-refractivity contribution is 0.119. The molecule has 0 aliphatic heterocycles. The predicted octanol–water partition coefficient (Wildman–Crippen LogP) is 5.53. The van der Waals surface area contributed by atoms with Gasteiger partial charge in [-0.15, -0.1) is 0 Å². The lowest BCUT2D eigenvalue weighted by atomic mass is 9.98. The Balaban J connectivity index is 1.80. The van der Waals surface area contributed by atoms with E-state index >= 15 is 0 Å². The third-order valence-corrected chi connectivity index (χ3v) is 5.62. The molecule has 1 N–H and O–H groups in total. The maximum atomic E-state index is 11.3. The molecule has 1 atom stereocenters. The highest BCUT2D eigenvalue weighted by atomic mass is 31.2. The molecule has 0 aliphatic rings. The number of aryl methyl sites for hydroxylation is 1. The molecule has 1 heterocycles. The molecule has 0 spiro atoms. The van der Waals surface area contributed by atoms with Crippen molar-refractivity contribution in [1.29, 1.82) is 0 Å². The largest absolute Gasteiger partial charge is 0.375 e. The Morgan fingerprint density at radius 2 is 1.68 bits per heavy atom. The van der Waals surface area contributed by atoms with Crippen LogP contribution in [0.25, 0.3) is 22.4 Å². The first-order valence-corrected chi connectivity index (χ1v) is 11.7. The summed E-state index contributed by atoms with van der Waals surface area (Å²) in [5.41, 5.74) is 6.28. The van der Waals surface area contributed by atoms with Crippen molar-refractivity contribution < 1.29 is 14.2 Å². The van der Waals surface area contributed by atoms with Crippen molar-refractivity contribution >= 4 is 7.37 Å². The molecular formula is C23H26NO3P. The smallest absolute Gasteiger partial charge is 0.197 e. The van der Waals surface area contributed by atoms with Crippen LogP contribution in [0.5, 0.6) is 0 Å². The van der Waals surface area contributed by atoms with Crippen molar-refractivity contribution in [3.05, 3.63) is 78.0 Å². The van der Waals surface area contributed by atoms with Gasteiger partial charge in [0.05, 0.1) is 18.0 Å². The summed E-state index contributed by atoms with van der Waals surface area (Å²) in [5.74, 6) is 0. The number of benzene rings is 2. The fourth-order valence-corrected chi connectivity index (χ4v) is 3.71. The van der Waals surface area contributed by atoms with Gasteiger partial charge in [-0.1, -0.05) is 66.2 Å². The standard InChI is InChI=1S/C23H26NO3P/c1-18-9-11-19(12-10-18)22-14-13-21(17-27-15-6-16-28(2,25)26)24-23(22)20-7-4-3-5-8-20/h3-5,7-14H,6,15-17H2,1-2H3,(H,25,26). The van der Waals surface area contributed by atoms with E-state index in [9.17, 15) is 9.46 Å². The van der Waals surface area contributed by atoms with Gasteiger partial charge >= 0.3 is 0 Å². The Hall–Kier alpha value is -2.26. The second-order valence-electron chi connectivity index (χ2n) is 7.11. The molecule has 0 aliphatic carbocycles. The van der Waals surface area contributed by atoms with E-state index in [0.29, 0.717) is 19.6 Å². The summed E-state index contributed by atoms with van der Waals surface area (Å²) in [6, 6.07) is 22.7. The molecule has 3 rings (SSSR count). The number of nitrogens with zero attached hydrogens (tertiary/aromatic N) is 1. The summed E-state index contributed by atoms with van der Waals surface area (Å²) in [5, 5.41) is 0. The van der Waals surface area contributed by atoms with Crippen LogP contribution in [-0.2, 0) is 15.9 Å². The highest BCUT2D eigenvalue weighted by Crippen LogP contribution is 2.35. The molecule has 0 amide bonds. The molecule has 0 saturated carbocycles. The molecule has 1 unspecified atom stereocenters. The number of aromatic nitrogens is 1. The number of hydrogen-bond donors (Lipinski definition) is 1. The summed E-state index contributed by atoms with van der Waals surface area (Å²) in [6.45, 7) is 4.28. The summed E-state index contributed by atoms with van der Waals surface area (Å²) in [7, 11) is -2.97. The SMILES string of the molecule is Cc1ccc(-c2ccc(COCCCP(C)(=O)O)nc2-c2ccccc2)cc1. The van der Waals surface area contributed by atoms with Crippen molar-refractivity contribution in [3.8, 4) is 22.4 Å². The van der Waals surface area contributed by atoms with Gasteiger partial charge in [0, 0.05) is 30.6 Å². The zero-order valence-corrected chi connectivity index (χ0v) is 17.2. The summed E-state index contributed by atoms with van der Waals surface area (Å²) < 4.78 is 17.0. The van der Waals surface area contributed by atoms with Gasteiger partial charge in [0.2, 0.25) is 0 Å². The van der Waals surface area contributed by atoms with E-state index in [1.165, 1.54) is 12.2 Å². The number of rotatable bonds is 8. The Morgan fingerprint density at radius 3 is 2.36 bits per heavy atom. The van der Waals surface area contributed by atoms with Gasteiger partial charge in [0.1, 0.15) is 0 Å². The van der Waals surface area contributed by atoms with Crippen LogP contribution in [-0.4, -0.2) is 29.3 Å². The van der Waals surface area contributed by atoms with E-state index < -0.39 is 7.37 Å². The van der Waals surface area contributed by atoms with Gasteiger partial charge < -0.3 is 9.63 Å². The van der Waals surface area contributed by atoms with Gasteiger partial charge in [-0.05, 0) is 25.0 Å². The van der Waals surface area contributed by atoms with Gasteiger partial charge in [-0.3, -0.25) is 4.57 Å². The van der Waals surface area contributed by atoms with Crippen molar-refractivity contribution in [2.45, 2.75) is 20.0 Å². The van der Waals surface area contributed by atoms with E-state index in [4.69, 9.17) is 9.72 Å². The average molecular weight is 395 g/mol. The zero-order chi connectivity index (χ0) is 20.0. The van der Waals surface area contributed by atoms with E-state index in [-0.39, 0.29) is 6.16 Å². The normalized spacial score (nSPS) is 13.2. The fraction of sp³-hybridized carbons (Fsp3) is 0.261. The molecule has 4 nitrogen and oxygen atoms in total. The maximum absolute atomic E-state index is 11.3. The minimum atomic E-state index is -2.97. The Labute approximate surface area is 166 Å². The van der Waals surface area contributed by atoms with Gasteiger partial charge in [-0.25, -0.2) is 4.98 Å². The molecule has 28 heavy (non-hydrogen) atoms. The molecule has 3 aromatic rings. The highest BCUT2D eigenvalue weighted by Gasteiger charge is 2.11. The van der Waals surface area contributed by atoms with Crippen LogP contribution in [0.4, 0.5) is 0 Å². The summed E-state index contributed by atoms with van der Waals surface area (Å²) in [6.07, 6.45) is 0.847. The van der Waals surface area contributed by atoms with Gasteiger partial charge in [-0.2, -0.15) is 0 Å². The molecule has 1 aromatic heterocycles. The van der Waals surface area contributed by atoms with E-state index in [1.54, 1.807) is 0 Å². The molecule has 146 valence electrons. The van der Waals surface area contributed by atoms with E-state index in [2.05, 4.69) is 49.4 Å². The predicted molar refractivity (Wildman–Crippen MR) is 115 cm³/mol. The van der Waals surface area contributed by atoms with Gasteiger partial charge in [0.25, 0.3) is 0 Å². The number of ether oxygens (including phenoxy) is 1. The summed E-state index contributed by atoms with van der Waals surface area (Å²) >= 11 is 0. The highest BCUT2D eigenvalue weighted by molar-refractivity contribution is 7.57. The molecule has 0 fully saturated rings. The maximum Gasteiger partial charge on any atom is 0.197 e. The molecule has 0 bridgehead atoms. The molecule has 0 saturated heterocycles. The lowest BCUT2D eigenvalue weighted by Gasteiger charge is -2.12. The zero-order valence-electron chi connectivity index (χ0n) is 16.3. The van der Waals surface area contributed by atoms with Crippen LogP contribution in [0, 0.1) is 6.92 Å². The van der Waals surface area contributed by atoms with Crippen molar-refractivity contribution in [2.75, 3.05) is 19.4 Å². The fourth-order valence-electron chi connectivity index (χ4n) is 3.00. The molecule has 0 radical (unpaired) electrons. The van der Waals surface area contributed by atoms with Crippen LogP contribution >= 0.6 is 7.37 Å². The third-order valence-electron chi connectivity index (χ3n) is 4.47. The van der Waals surface area contributed by atoms with Crippen LogP contribution in [0.1, 0.15) is 17.7 Å². The quantitative estimate of drug-likeness (QED) is 0.402. The van der Waals surface area contributed by atoms with Crippen molar-refractivity contribution in [2.24, 2.45) is 0 Å². The Morgan fingerprint density at radius 1 is 0.964 bits per heavy atom. The molecule has 2 aromatic carbocycles. The average Bonchev–Trinajstić information content (AvgIpc) is 2.68. The van der Waals surface area contributed by atoms with Crippen molar-refractivity contribution in [1.82, 2.24) is 4.98 Å². The monoisotopic (exact) mass is 395 g/mol. The Bertz CT molecular complexity index is 949. The molecular weight excluding hydrogens is 369 g/mol. The Kier molecular flexibility index (Phi) is 6.79. The van der Waals surface area contributed by atoms with Crippen LogP contribution in [0.15, 0.2) is 66.7 Å². The number of pyridine rings is 1. The number of hydrogen-bond acceptors (Lipinski definition) is 3. The minimum absolute atomic E-state index is 0.280. The lowest BCUT2D eigenvalue weighted by Crippen LogP contribution is -2.01. The van der Waals surface area contributed by atoms with E-state index in [0.717, 1.165) is 28.1 Å².